The van der Waals surface area contributed by atoms with Crippen LogP contribution in [0.1, 0.15) is 16.2 Å². The zero-order chi connectivity index (χ0) is 13.2. The Bertz CT molecular complexity index is 502. The van der Waals surface area contributed by atoms with Gasteiger partial charge >= 0.3 is 0 Å². The number of thiophene rings is 1. The van der Waals surface area contributed by atoms with Gasteiger partial charge in [0.25, 0.3) is 0 Å². The van der Waals surface area contributed by atoms with Crippen molar-refractivity contribution in [1.82, 2.24) is 4.31 Å². The highest BCUT2D eigenvalue weighted by Crippen LogP contribution is 2.28. The van der Waals surface area contributed by atoms with E-state index in [9.17, 15) is 8.42 Å². The molecule has 1 aromatic rings. The van der Waals surface area contributed by atoms with Gasteiger partial charge in [0.05, 0.1) is 11.5 Å². The summed E-state index contributed by atoms with van der Waals surface area (Å²) in [6, 6.07) is 1.70. The zero-order valence-corrected chi connectivity index (χ0v) is 12.0. The van der Waals surface area contributed by atoms with Gasteiger partial charge in [-0.05, 0) is 19.4 Å². The van der Waals surface area contributed by atoms with Crippen LogP contribution in [-0.2, 0) is 21.3 Å². The van der Waals surface area contributed by atoms with Crippen LogP contribution in [0.5, 0.6) is 0 Å². The third kappa shape index (κ3) is 2.75. The van der Waals surface area contributed by atoms with Crippen molar-refractivity contribution in [3.8, 4) is 0 Å². The SMILES string of the molecule is Cc1sc(CN)cc1S(=O)(=O)N1CCCOCC1. The number of nitrogens with two attached hydrogens (primary N) is 1. The Morgan fingerprint density at radius 1 is 1.44 bits per heavy atom. The van der Waals surface area contributed by atoms with Gasteiger partial charge in [-0.15, -0.1) is 11.3 Å². The molecule has 7 heteroatoms. The highest BCUT2D eigenvalue weighted by molar-refractivity contribution is 7.89. The Morgan fingerprint density at radius 3 is 2.89 bits per heavy atom. The van der Waals surface area contributed by atoms with Gasteiger partial charge in [-0.1, -0.05) is 0 Å². The average Bonchev–Trinajstić information content (AvgIpc) is 2.55. The fraction of sp³-hybridized carbons (Fsp3) is 0.636. The second-order valence-electron chi connectivity index (χ2n) is 4.21. The molecule has 1 fully saturated rings. The van der Waals surface area contributed by atoms with Gasteiger partial charge < -0.3 is 10.5 Å². The fourth-order valence-corrected chi connectivity index (χ4v) is 4.93. The normalized spacial score (nSPS) is 18.8. The zero-order valence-electron chi connectivity index (χ0n) is 10.4. The molecule has 2 N–H and O–H groups in total. The van der Waals surface area contributed by atoms with E-state index in [-0.39, 0.29) is 0 Å². The molecule has 1 saturated heterocycles. The smallest absolute Gasteiger partial charge is 0.244 e. The first-order chi connectivity index (χ1) is 8.55. The van der Waals surface area contributed by atoms with Crippen molar-refractivity contribution in [2.45, 2.75) is 24.8 Å². The number of hydrogen-bond donors (Lipinski definition) is 1. The largest absolute Gasteiger partial charge is 0.380 e. The first-order valence-electron chi connectivity index (χ1n) is 5.93. The van der Waals surface area contributed by atoms with Gasteiger partial charge in [0.15, 0.2) is 0 Å². The number of ether oxygens (including phenoxy) is 1. The number of aryl methyl sites for hydroxylation is 1. The Morgan fingerprint density at radius 2 is 2.22 bits per heavy atom. The van der Waals surface area contributed by atoms with Gasteiger partial charge in [0.1, 0.15) is 0 Å². The predicted molar refractivity (Wildman–Crippen MR) is 71.1 cm³/mol. The fourth-order valence-electron chi connectivity index (χ4n) is 1.98. The molecule has 0 radical (unpaired) electrons. The molecule has 0 aromatic carbocycles. The van der Waals surface area contributed by atoms with Crippen molar-refractivity contribution in [2.24, 2.45) is 5.73 Å². The summed E-state index contributed by atoms with van der Waals surface area (Å²) in [6.45, 7) is 4.25. The first-order valence-corrected chi connectivity index (χ1v) is 8.18. The van der Waals surface area contributed by atoms with E-state index in [0.717, 1.165) is 16.2 Å². The minimum absolute atomic E-state index is 0.379. The van der Waals surface area contributed by atoms with E-state index < -0.39 is 10.0 Å². The quantitative estimate of drug-likeness (QED) is 0.898. The average molecular weight is 290 g/mol. The summed E-state index contributed by atoms with van der Waals surface area (Å²) in [4.78, 5) is 2.10. The topological polar surface area (TPSA) is 72.6 Å². The molecule has 1 aliphatic heterocycles. The predicted octanol–water partition coefficient (Wildman–Crippen LogP) is 0.926. The lowest BCUT2D eigenvalue weighted by atomic mass is 10.4. The molecule has 0 bridgehead atoms. The van der Waals surface area contributed by atoms with E-state index in [4.69, 9.17) is 10.5 Å². The molecule has 5 nitrogen and oxygen atoms in total. The van der Waals surface area contributed by atoms with Crippen molar-refractivity contribution < 1.29 is 13.2 Å². The number of rotatable bonds is 3. The second-order valence-corrected chi connectivity index (χ2v) is 7.45. The minimum Gasteiger partial charge on any atom is -0.380 e. The number of hydrogen-bond acceptors (Lipinski definition) is 5. The van der Waals surface area contributed by atoms with Crippen molar-refractivity contribution in [3.63, 3.8) is 0 Å². The molecule has 1 aliphatic rings. The third-order valence-electron chi connectivity index (χ3n) is 2.92. The Balaban J connectivity index is 2.31. The van der Waals surface area contributed by atoms with E-state index in [1.807, 2.05) is 6.92 Å². The van der Waals surface area contributed by atoms with Crippen LogP contribution in [0.3, 0.4) is 0 Å². The monoisotopic (exact) mass is 290 g/mol. The van der Waals surface area contributed by atoms with E-state index in [1.54, 1.807) is 6.07 Å². The second kappa shape index (κ2) is 5.66. The molecule has 18 heavy (non-hydrogen) atoms. The molecule has 0 atom stereocenters. The molecular formula is C11H18N2O3S2. The molecular weight excluding hydrogens is 272 g/mol. The maximum Gasteiger partial charge on any atom is 0.244 e. The summed E-state index contributed by atoms with van der Waals surface area (Å²) in [6.07, 6.45) is 0.742. The summed E-state index contributed by atoms with van der Waals surface area (Å²) in [7, 11) is -3.40. The maximum atomic E-state index is 12.5. The van der Waals surface area contributed by atoms with Gasteiger partial charge in [-0.3, -0.25) is 0 Å². The summed E-state index contributed by atoms with van der Waals surface area (Å²) in [5.41, 5.74) is 5.56. The molecule has 0 aliphatic carbocycles. The van der Waals surface area contributed by atoms with E-state index in [1.165, 1.54) is 15.6 Å². The van der Waals surface area contributed by atoms with Crippen LogP contribution in [0.2, 0.25) is 0 Å². The van der Waals surface area contributed by atoms with Crippen LogP contribution >= 0.6 is 11.3 Å². The summed E-state index contributed by atoms with van der Waals surface area (Å²) in [5.74, 6) is 0. The van der Waals surface area contributed by atoms with Crippen LogP contribution < -0.4 is 5.73 Å². The van der Waals surface area contributed by atoms with Crippen molar-refractivity contribution in [1.29, 1.82) is 0 Å². The molecule has 0 amide bonds. The van der Waals surface area contributed by atoms with Crippen LogP contribution in [0.15, 0.2) is 11.0 Å². The first kappa shape index (κ1) is 14.0. The molecule has 1 aromatic heterocycles. The van der Waals surface area contributed by atoms with Crippen molar-refractivity contribution in [3.05, 3.63) is 15.8 Å². The molecule has 0 spiro atoms. The Hall–Kier alpha value is -0.470. The number of nitrogens with zero attached hydrogens (tertiary/aromatic N) is 1. The van der Waals surface area contributed by atoms with Crippen LogP contribution in [0, 0.1) is 6.92 Å². The maximum absolute atomic E-state index is 12.5. The summed E-state index contributed by atoms with van der Waals surface area (Å²) < 4.78 is 31.9. The van der Waals surface area contributed by atoms with E-state index in [2.05, 4.69) is 0 Å². The standard InChI is InChI=1S/C11H18N2O3S2/c1-9-11(7-10(8-12)17-9)18(14,15)13-3-2-5-16-6-4-13/h7H,2-6,8,12H2,1H3. The molecule has 102 valence electrons. The van der Waals surface area contributed by atoms with Gasteiger partial charge in [-0.2, -0.15) is 4.31 Å². The summed E-state index contributed by atoms with van der Waals surface area (Å²) in [5, 5.41) is 0. The lowest BCUT2D eigenvalue weighted by Gasteiger charge is -2.18. The van der Waals surface area contributed by atoms with Crippen molar-refractivity contribution >= 4 is 21.4 Å². The molecule has 0 saturated carbocycles. The third-order valence-corrected chi connectivity index (χ3v) is 6.15. The van der Waals surface area contributed by atoms with Crippen molar-refractivity contribution in [2.75, 3.05) is 26.3 Å². The highest BCUT2D eigenvalue weighted by Gasteiger charge is 2.28. The Kier molecular flexibility index (Phi) is 4.39. The molecule has 0 unspecified atom stereocenters. The van der Waals surface area contributed by atoms with E-state index >= 15 is 0 Å². The lowest BCUT2D eigenvalue weighted by Crippen LogP contribution is -2.33. The van der Waals surface area contributed by atoms with Crippen LogP contribution in [-0.4, -0.2) is 39.0 Å². The van der Waals surface area contributed by atoms with Gasteiger partial charge in [-0.25, -0.2) is 8.42 Å². The van der Waals surface area contributed by atoms with Crippen LogP contribution in [0.4, 0.5) is 0 Å². The summed E-state index contributed by atoms with van der Waals surface area (Å²) >= 11 is 1.45. The minimum atomic E-state index is -3.40. The van der Waals surface area contributed by atoms with Gasteiger partial charge in [0.2, 0.25) is 10.0 Å². The highest BCUT2D eigenvalue weighted by atomic mass is 32.2. The van der Waals surface area contributed by atoms with E-state index in [0.29, 0.717) is 37.7 Å². The molecule has 2 heterocycles. The number of sulfonamides is 1. The molecule has 2 rings (SSSR count). The van der Waals surface area contributed by atoms with Gasteiger partial charge in [0, 0.05) is 36.0 Å². The van der Waals surface area contributed by atoms with Crippen LogP contribution in [0.25, 0.3) is 0 Å². The lowest BCUT2D eigenvalue weighted by molar-refractivity contribution is 0.148. The Labute approximate surface area is 112 Å².